The zero-order valence-corrected chi connectivity index (χ0v) is 21.7. The van der Waals surface area contributed by atoms with Crippen LogP contribution in [0.15, 0.2) is 12.3 Å². The van der Waals surface area contributed by atoms with Gasteiger partial charge in [0.25, 0.3) is 5.91 Å². The molecule has 11 nitrogen and oxygen atoms in total. The van der Waals surface area contributed by atoms with Crippen LogP contribution in [-0.2, 0) is 28.5 Å². The van der Waals surface area contributed by atoms with Gasteiger partial charge in [0.2, 0.25) is 6.79 Å². The molecule has 4 atom stereocenters. The minimum Gasteiger partial charge on any atom is -0.493 e. The zero-order chi connectivity index (χ0) is 26.5. The van der Waals surface area contributed by atoms with Gasteiger partial charge in [-0.25, -0.2) is 9.78 Å². The number of esters is 2. The molecule has 202 valence electrons. The van der Waals surface area contributed by atoms with Gasteiger partial charge in [0.05, 0.1) is 13.2 Å². The summed E-state index contributed by atoms with van der Waals surface area (Å²) in [5.74, 6) is -1.56. The summed E-state index contributed by atoms with van der Waals surface area (Å²) in [5, 5.41) is 2.71. The Balaban J connectivity index is 2.19. The van der Waals surface area contributed by atoms with Crippen molar-refractivity contribution in [2.75, 3.05) is 27.1 Å². The number of hydrogen-bond acceptors (Lipinski definition) is 10. The number of ether oxygens (including phenoxy) is 6. The van der Waals surface area contributed by atoms with Crippen molar-refractivity contribution in [3.05, 3.63) is 18.0 Å². The van der Waals surface area contributed by atoms with E-state index < -0.39 is 42.9 Å². The number of methoxy groups -OCH3 is 1. The molecule has 36 heavy (non-hydrogen) atoms. The Labute approximate surface area is 212 Å². The predicted octanol–water partition coefficient (Wildman–Crippen LogP) is 2.79. The van der Waals surface area contributed by atoms with E-state index in [-0.39, 0.29) is 23.3 Å². The number of carbonyl (C=O) groups is 3. The maximum Gasteiger partial charge on any atom is 0.329 e. The quantitative estimate of drug-likeness (QED) is 0.331. The summed E-state index contributed by atoms with van der Waals surface area (Å²) >= 11 is 0. The first kappa shape index (κ1) is 29.3. The summed E-state index contributed by atoms with van der Waals surface area (Å²) in [6.45, 7) is 7.72. The van der Waals surface area contributed by atoms with Crippen LogP contribution in [0.25, 0.3) is 0 Å². The first-order chi connectivity index (χ1) is 17.3. The first-order valence-corrected chi connectivity index (χ1v) is 12.4. The third-order valence-corrected chi connectivity index (χ3v) is 5.52. The average molecular weight is 511 g/mol. The van der Waals surface area contributed by atoms with Gasteiger partial charge in [-0.05, 0) is 39.0 Å². The van der Waals surface area contributed by atoms with Crippen molar-refractivity contribution >= 4 is 17.8 Å². The number of cyclic esters (lactones) is 1. The van der Waals surface area contributed by atoms with Crippen molar-refractivity contribution in [3.8, 4) is 11.5 Å². The highest BCUT2D eigenvalue weighted by molar-refractivity contribution is 5.98. The maximum atomic E-state index is 13.1. The molecular weight excluding hydrogens is 472 g/mol. The largest absolute Gasteiger partial charge is 0.493 e. The molecular formula is C25H38N2O9. The molecule has 0 radical (unpaired) electrons. The van der Waals surface area contributed by atoms with Crippen molar-refractivity contribution in [2.45, 2.75) is 84.2 Å². The highest BCUT2D eigenvalue weighted by atomic mass is 16.7. The summed E-state index contributed by atoms with van der Waals surface area (Å²) in [6.07, 6.45) is 3.46. The van der Waals surface area contributed by atoms with E-state index >= 15 is 0 Å². The van der Waals surface area contributed by atoms with E-state index in [2.05, 4.69) is 10.3 Å². The molecule has 0 saturated carbocycles. The summed E-state index contributed by atoms with van der Waals surface area (Å²) in [6, 6.07) is 0.592. The van der Waals surface area contributed by atoms with Crippen molar-refractivity contribution < 1.29 is 42.8 Å². The number of carbonyl (C=O) groups excluding carboxylic acids is 3. The molecule has 1 saturated heterocycles. The highest BCUT2D eigenvalue weighted by Gasteiger charge is 2.36. The second kappa shape index (κ2) is 15.2. The third kappa shape index (κ3) is 8.63. The van der Waals surface area contributed by atoms with Crippen molar-refractivity contribution in [1.29, 1.82) is 0 Å². The van der Waals surface area contributed by atoms with Gasteiger partial charge >= 0.3 is 11.9 Å². The first-order valence-electron chi connectivity index (χ1n) is 12.4. The fourth-order valence-corrected chi connectivity index (χ4v) is 3.81. The molecule has 0 spiro atoms. The van der Waals surface area contributed by atoms with Gasteiger partial charge in [0, 0.05) is 32.4 Å². The topological polar surface area (TPSA) is 132 Å². The fraction of sp³-hybridized carbons (Fsp3) is 0.680. The lowest BCUT2D eigenvalue weighted by Gasteiger charge is -2.31. The number of aromatic nitrogens is 1. The fourth-order valence-electron chi connectivity index (χ4n) is 3.81. The number of hydrogen-bond donors (Lipinski definition) is 1. The van der Waals surface area contributed by atoms with Crippen LogP contribution in [0.2, 0.25) is 0 Å². The predicted molar refractivity (Wildman–Crippen MR) is 129 cm³/mol. The lowest BCUT2D eigenvalue weighted by atomic mass is 10.0. The summed E-state index contributed by atoms with van der Waals surface area (Å²) in [5.41, 5.74) is -0.115. The molecule has 1 aliphatic rings. The smallest absolute Gasteiger partial charge is 0.329 e. The van der Waals surface area contributed by atoms with Crippen LogP contribution in [-0.4, -0.2) is 74.3 Å². The number of rotatable bonds is 12. The second-order valence-corrected chi connectivity index (χ2v) is 8.43. The standard InChI is InChI=1S/C25H38N2O9/c1-6-13-32-20-10-8-9-18(25(30)36-16(3)22(20)33-14-7-2)27-24(29)21-23(35-15-34-17(4)28)19(31-5)11-12-26-21/h11-12,16,18,20,22H,6-10,13-15H2,1-5H3,(H,27,29)/t16-,18-,20-,22-/m0/s1. The molecule has 0 bridgehead atoms. The van der Waals surface area contributed by atoms with Gasteiger partial charge in [-0.15, -0.1) is 0 Å². The monoisotopic (exact) mass is 510 g/mol. The molecule has 1 fully saturated rings. The Morgan fingerprint density at radius 2 is 1.89 bits per heavy atom. The van der Waals surface area contributed by atoms with E-state index in [9.17, 15) is 14.4 Å². The summed E-state index contributed by atoms with van der Waals surface area (Å²) in [7, 11) is 1.40. The Morgan fingerprint density at radius 1 is 1.17 bits per heavy atom. The summed E-state index contributed by atoms with van der Waals surface area (Å²) in [4.78, 5) is 41.4. The lowest BCUT2D eigenvalue weighted by Crippen LogP contribution is -2.45. The Morgan fingerprint density at radius 3 is 2.56 bits per heavy atom. The van der Waals surface area contributed by atoms with E-state index in [1.165, 1.54) is 26.3 Å². The lowest BCUT2D eigenvalue weighted by molar-refractivity contribution is -0.167. The van der Waals surface area contributed by atoms with Crippen LogP contribution in [0.4, 0.5) is 0 Å². The van der Waals surface area contributed by atoms with Crippen LogP contribution in [0.5, 0.6) is 11.5 Å². The minimum atomic E-state index is -0.911. The van der Waals surface area contributed by atoms with Crippen molar-refractivity contribution in [2.24, 2.45) is 0 Å². The molecule has 0 unspecified atom stereocenters. The molecule has 1 aromatic rings. The van der Waals surface area contributed by atoms with E-state index in [4.69, 9.17) is 28.4 Å². The molecule has 0 aliphatic carbocycles. The maximum absolute atomic E-state index is 13.1. The average Bonchev–Trinajstić information content (AvgIpc) is 2.90. The van der Waals surface area contributed by atoms with Gasteiger partial charge in [0.15, 0.2) is 17.2 Å². The summed E-state index contributed by atoms with van der Waals surface area (Å²) < 4.78 is 33.3. The molecule has 0 aromatic carbocycles. The van der Waals surface area contributed by atoms with Crippen LogP contribution in [0.3, 0.4) is 0 Å². The normalized spacial score (nSPS) is 22.4. The highest BCUT2D eigenvalue weighted by Crippen LogP contribution is 2.30. The third-order valence-electron chi connectivity index (χ3n) is 5.52. The number of amides is 1. The van der Waals surface area contributed by atoms with Crippen LogP contribution < -0.4 is 14.8 Å². The van der Waals surface area contributed by atoms with Crippen LogP contribution in [0, 0.1) is 0 Å². The molecule has 11 heteroatoms. The number of nitrogens with one attached hydrogen (secondary N) is 1. The molecule has 1 N–H and O–H groups in total. The molecule has 1 aromatic heterocycles. The van der Waals surface area contributed by atoms with Gasteiger partial charge in [-0.1, -0.05) is 13.8 Å². The van der Waals surface area contributed by atoms with Crippen molar-refractivity contribution in [1.82, 2.24) is 10.3 Å². The molecule has 2 heterocycles. The Hall–Kier alpha value is -2.92. The van der Waals surface area contributed by atoms with E-state index in [1.807, 2.05) is 13.8 Å². The van der Waals surface area contributed by atoms with Gasteiger partial charge in [-0.2, -0.15) is 0 Å². The molecule has 1 amide bonds. The van der Waals surface area contributed by atoms with Gasteiger partial charge < -0.3 is 33.7 Å². The van der Waals surface area contributed by atoms with E-state index in [1.54, 1.807) is 6.92 Å². The van der Waals surface area contributed by atoms with E-state index in [0.29, 0.717) is 32.5 Å². The van der Waals surface area contributed by atoms with E-state index in [0.717, 1.165) is 12.8 Å². The number of pyridine rings is 1. The Bertz CT molecular complexity index is 864. The van der Waals surface area contributed by atoms with Gasteiger partial charge in [-0.3, -0.25) is 9.59 Å². The minimum absolute atomic E-state index is 0.00962. The molecule has 1 aliphatic heterocycles. The zero-order valence-electron chi connectivity index (χ0n) is 21.7. The van der Waals surface area contributed by atoms with Crippen LogP contribution in [0.1, 0.15) is 70.3 Å². The second-order valence-electron chi connectivity index (χ2n) is 8.43. The number of nitrogens with zero attached hydrogens (tertiary/aromatic N) is 1. The van der Waals surface area contributed by atoms with Crippen molar-refractivity contribution in [3.63, 3.8) is 0 Å². The van der Waals surface area contributed by atoms with Crippen LogP contribution >= 0.6 is 0 Å². The Kier molecular flexibility index (Phi) is 12.4. The van der Waals surface area contributed by atoms with Gasteiger partial charge in [0.1, 0.15) is 18.2 Å². The SMILES string of the molecule is CCCO[C@H]1[C@H](C)OC(=O)[C@@H](NC(=O)c2nccc(OC)c2OCOC(C)=O)CCC[C@@H]1OCCC. The molecule has 2 rings (SSSR count).